The maximum Gasteiger partial charge on any atom is 0.302 e. The highest BCUT2D eigenvalue weighted by Crippen LogP contribution is 2.26. The zero-order valence-corrected chi connectivity index (χ0v) is 10.1. The normalized spacial score (nSPS) is 19.6. The lowest BCUT2D eigenvalue weighted by Crippen LogP contribution is -2.31. The summed E-state index contributed by atoms with van der Waals surface area (Å²) in [5.74, 6) is -4.91. The van der Waals surface area contributed by atoms with Gasteiger partial charge in [-0.1, -0.05) is 11.6 Å². The fraction of sp³-hybridized carbons (Fsp3) is 0.167. The highest BCUT2D eigenvalue weighted by Gasteiger charge is 2.49. The van der Waals surface area contributed by atoms with Gasteiger partial charge >= 0.3 is 5.91 Å². The van der Waals surface area contributed by atoms with Crippen LogP contribution in [0.25, 0.3) is 0 Å². The number of Topliss-reactive ketones (excluding diaryl/α,β-unsaturated/α-hetero) is 2. The SMILES string of the molecule is CC(=O)[C@@H]1C(=O)C(=O)N(c2ccc(Cl)cc2)C1=O. The first-order valence-corrected chi connectivity index (χ1v) is 5.49. The van der Waals surface area contributed by atoms with E-state index in [-0.39, 0.29) is 5.69 Å². The molecule has 0 saturated carbocycles. The third-order valence-corrected chi connectivity index (χ3v) is 2.89. The Kier molecular flexibility index (Phi) is 3.00. The molecule has 1 atom stereocenters. The number of amides is 2. The van der Waals surface area contributed by atoms with E-state index in [0.717, 1.165) is 6.92 Å². The van der Waals surface area contributed by atoms with Gasteiger partial charge < -0.3 is 0 Å². The highest BCUT2D eigenvalue weighted by molar-refractivity contribution is 6.59. The molecule has 1 fully saturated rings. The van der Waals surface area contributed by atoms with Crippen molar-refractivity contribution in [3.05, 3.63) is 29.3 Å². The molecule has 0 N–H and O–H groups in total. The van der Waals surface area contributed by atoms with Crippen molar-refractivity contribution < 1.29 is 19.2 Å². The average Bonchev–Trinajstić information content (AvgIpc) is 2.52. The minimum atomic E-state index is -1.51. The lowest BCUT2D eigenvalue weighted by atomic mass is 10.0. The van der Waals surface area contributed by atoms with Crippen LogP contribution in [0.5, 0.6) is 0 Å². The Morgan fingerprint density at radius 1 is 1.17 bits per heavy atom. The van der Waals surface area contributed by atoms with E-state index in [2.05, 4.69) is 0 Å². The van der Waals surface area contributed by atoms with Crippen LogP contribution in [-0.4, -0.2) is 23.4 Å². The van der Waals surface area contributed by atoms with E-state index in [0.29, 0.717) is 9.92 Å². The van der Waals surface area contributed by atoms with Crippen LogP contribution in [0.4, 0.5) is 5.69 Å². The second-order valence-corrected chi connectivity index (χ2v) is 4.30. The molecular formula is C12H8ClNO4. The summed E-state index contributed by atoms with van der Waals surface area (Å²) in [6.45, 7) is 1.11. The number of benzene rings is 1. The van der Waals surface area contributed by atoms with Gasteiger partial charge in [-0.2, -0.15) is 0 Å². The Labute approximate surface area is 107 Å². The first-order valence-electron chi connectivity index (χ1n) is 5.11. The van der Waals surface area contributed by atoms with E-state index in [4.69, 9.17) is 11.6 Å². The summed E-state index contributed by atoms with van der Waals surface area (Å²) in [7, 11) is 0. The molecule has 92 valence electrons. The van der Waals surface area contributed by atoms with Crippen LogP contribution in [-0.2, 0) is 19.2 Å². The zero-order valence-electron chi connectivity index (χ0n) is 9.34. The molecule has 0 spiro atoms. The summed E-state index contributed by atoms with van der Waals surface area (Å²) < 4.78 is 0. The molecule has 5 nitrogen and oxygen atoms in total. The number of nitrogens with zero attached hydrogens (tertiary/aromatic N) is 1. The van der Waals surface area contributed by atoms with Crippen molar-refractivity contribution in [1.82, 2.24) is 0 Å². The Balaban J connectivity index is 2.43. The summed E-state index contributed by atoms with van der Waals surface area (Å²) in [4.78, 5) is 47.0. The maximum atomic E-state index is 11.9. The first-order chi connectivity index (χ1) is 8.43. The maximum absolute atomic E-state index is 11.9. The van der Waals surface area contributed by atoms with Crippen LogP contribution in [0, 0.1) is 5.92 Å². The van der Waals surface area contributed by atoms with Gasteiger partial charge in [-0.15, -0.1) is 0 Å². The van der Waals surface area contributed by atoms with Gasteiger partial charge in [0.05, 0.1) is 5.69 Å². The molecule has 1 aromatic carbocycles. The second-order valence-electron chi connectivity index (χ2n) is 3.86. The van der Waals surface area contributed by atoms with Crippen LogP contribution in [0.3, 0.4) is 0 Å². The summed E-state index contributed by atoms with van der Waals surface area (Å²) in [6, 6.07) is 5.86. The smallest absolute Gasteiger partial charge is 0.299 e. The van der Waals surface area contributed by atoms with Crippen molar-refractivity contribution >= 4 is 40.7 Å². The van der Waals surface area contributed by atoms with Crippen molar-refractivity contribution in [1.29, 1.82) is 0 Å². The molecule has 18 heavy (non-hydrogen) atoms. The minimum Gasteiger partial charge on any atom is -0.299 e. The Morgan fingerprint density at radius 3 is 2.17 bits per heavy atom. The van der Waals surface area contributed by atoms with Crippen LogP contribution >= 0.6 is 11.6 Å². The molecule has 1 heterocycles. The summed E-state index contributed by atoms with van der Waals surface area (Å²) >= 11 is 5.69. The van der Waals surface area contributed by atoms with E-state index in [1.807, 2.05) is 0 Å². The fourth-order valence-electron chi connectivity index (χ4n) is 1.77. The van der Waals surface area contributed by atoms with Crippen molar-refractivity contribution in [2.45, 2.75) is 6.92 Å². The van der Waals surface area contributed by atoms with Crippen LogP contribution < -0.4 is 4.90 Å². The summed E-state index contributed by atoms with van der Waals surface area (Å²) in [5, 5.41) is 0.437. The van der Waals surface area contributed by atoms with E-state index in [9.17, 15) is 19.2 Å². The standard InChI is InChI=1S/C12H8ClNO4/c1-6(15)9-10(16)12(18)14(11(9)17)8-4-2-7(13)3-5-8/h2-5,9H,1H3/t9-/m1/s1. The molecule has 0 unspecified atom stereocenters. The number of carbonyl (C=O) groups excluding carboxylic acids is 4. The quantitative estimate of drug-likeness (QED) is 0.454. The molecule has 0 aromatic heterocycles. The predicted octanol–water partition coefficient (Wildman–Crippen LogP) is 0.988. The molecule has 1 aliphatic rings. The number of ketones is 2. The van der Waals surface area contributed by atoms with Crippen molar-refractivity contribution in [3.63, 3.8) is 0 Å². The first kappa shape index (κ1) is 12.4. The molecule has 0 radical (unpaired) electrons. The van der Waals surface area contributed by atoms with Gasteiger partial charge in [-0.3, -0.25) is 19.2 Å². The lowest BCUT2D eigenvalue weighted by molar-refractivity contribution is -0.139. The van der Waals surface area contributed by atoms with Gasteiger partial charge in [0.2, 0.25) is 5.78 Å². The molecule has 2 rings (SSSR count). The molecule has 1 aromatic rings. The Hall–Kier alpha value is -2.01. The molecule has 0 aliphatic carbocycles. The van der Waals surface area contributed by atoms with Crippen LogP contribution in [0.1, 0.15) is 6.92 Å². The molecule has 0 bridgehead atoms. The topological polar surface area (TPSA) is 71.5 Å². The van der Waals surface area contributed by atoms with E-state index in [1.54, 1.807) is 0 Å². The number of hydrogen-bond acceptors (Lipinski definition) is 4. The van der Waals surface area contributed by atoms with Crippen molar-refractivity contribution in [2.75, 3.05) is 4.90 Å². The third kappa shape index (κ3) is 1.82. The summed E-state index contributed by atoms with van der Waals surface area (Å²) in [5.41, 5.74) is 0.228. The number of halogens is 1. The second kappa shape index (κ2) is 4.34. The average molecular weight is 266 g/mol. The molecular weight excluding hydrogens is 258 g/mol. The van der Waals surface area contributed by atoms with Gasteiger partial charge in [0.25, 0.3) is 5.91 Å². The van der Waals surface area contributed by atoms with E-state index < -0.39 is 29.3 Å². The van der Waals surface area contributed by atoms with Gasteiger partial charge in [0.15, 0.2) is 5.92 Å². The number of anilines is 1. The fourth-order valence-corrected chi connectivity index (χ4v) is 1.89. The number of carbonyl (C=O) groups is 4. The van der Waals surface area contributed by atoms with Gasteiger partial charge in [-0.25, -0.2) is 4.90 Å². The number of hydrogen-bond donors (Lipinski definition) is 0. The monoisotopic (exact) mass is 265 g/mol. The minimum absolute atomic E-state index is 0.228. The largest absolute Gasteiger partial charge is 0.302 e. The van der Waals surface area contributed by atoms with Gasteiger partial charge in [0, 0.05) is 5.02 Å². The summed E-state index contributed by atoms with van der Waals surface area (Å²) in [6.07, 6.45) is 0. The number of imide groups is 1. The number of rotatable bonds is 2. The molecule has 1 aliphatic heterocycles. The molecule has 2 amide bonds. The van der Waals surface area contributed by atoms with E-state index in [1.165, 1.54) is 24.3 Å². The third-order valence-electron chi connectivity index (χ3n) is 2.63. The highest BCUT2D eigenvalue weighted by atomic mass is 35.5. The van der Waals surface area contributed by atoms with Crippen molar-refractivity contribution in [2.24, 2.45) is 5.92 Å². The predicted molar refractivity (Wildman–Crippen MR) is 63.1 cm³/mol. The van der Waals surface area contributed by atoms with Crippen molar-refractivity contribution in [3.8, 4) is 0 Å². The molecule has 6 heteroatoms. The van der Waals surface area contributed by atoms with E-state index >= 15 is 0 Å². The molecule has 1 saturated heterocycles. The van der Waals surface area contributed by atoms with Crippen LogP contribution in [0.2, 0.25) is 5.02 Å². The Bertz CT molecular complexity index is 564. The zero-order chi connectivity index (χ0) is 13.4. The van der Waals surface area contributed by atoms with Crippen LogP contribution in [0.15, 0.2) is 24.3 Å². The lowest BCUT2D eigenvalue weighted by Gasteiger charge is -2.13. The Morgan fingerprint density at radius 2 is 1.72 bits per heavy atom. The van der Waals surface area contributed by atoms with Gasteiger partial charge in [-0.05, 0) is 31.2 Å². The van der Waals surface area contributed by atoms with Gasteiger partial charge in [0.1, 0.15) is 5.78 Å².